The smallest absolute Gasteiger partial charge is 0.323 e. The molecule has 1 unspecified atom stereocenters. The van der Waals surface area contributed by atoms with Crippen LogP contribution in [0.5, 0.6) is 0 Å². The molecular weight excluding hydrogens is 510 g/mol. The molecule has 1 fully saturated rings. The van der Waals surface area contributed by atoms with Crippen LogP contribution < -0.4 is 26.6 Å². The summed E-state index contributed by atoms with van der Waals surface area (Å²) in [6, 6.07) is 9.89. The van der Waals surface area contributed by atoms with Gasteiger partial charge >= 0.3 is 5.69 Å². The van der Waals surface area contributed by atoms with Crippen molar-refractivity contribution in [3.05, 3.63) is 52.9 Å². The fourth-order valence-corrected chi connectivity index (χ4v) is 5.68. The summed E-state index contributed by atoms with van der Waals surface area (Å²) >= 11 is 0. The summed E-state index contributed by atoms with van der Waals surface area (Å²) in [7, 11) is -3.71. The van der Waals surface area contributed by atoms with Crippen LogP contribution in [0.25, 0.3) is 11.0 Å². The first-order chi connectivity index (χ1) is 18.0. The largest absolute Gasteiger partial charge is 0.324 e. The molecule has 2 aromatic carbocycles. The highest BCUT2D eigenvalue weighted by molar-refractivity contribution is 7.89. The summed E-state index contributed by atoms with van der Waals surface area (Å²) in [4.78, 5) is 44.0. The van der Waals surface area contributed by atoms with Crippen molar-refractivity contribution in [2.24, 2.45) is 0 Å². The van der Waals surface area contributed by atoms with Crippen LogP contribution in [0.1, 0.15) is 33.6 Å². The zero-order chi connectivity index (χ0) is 27.4. The van der Waals surface area contributed by atoms with Crippen molar-refractivity contribution in [2.45, 2.75) is 56.6 Å². The number of piperidine rings is 1. The lowest BCUT2D eigenvalue weighted by atomic mass is 10.1. The minimum Gasteiger partial charge on any atom is -0.324 e. The number of amides is 1. The van der Waals surface area contributed by atoms with Crippen LogP contribution in [-0.2, 0) is 19.6 Å². The number of benzene rings is 2. The Kier molecular flexibility index (Phi) is 8.31. The van der Waals surface area contributed by atoms with Crippen LogP contribution >= 0.6 is 0 Å². The summed E-state index contributed by atoms with van der Waals surface area (Å²) < 4.78 is 28.5. The van der Waals surface area contributed by atoms with E-state index >= 15 is 0 Å². The number of nitrogens with zero attached hydrogens (tertiary/aromatic N) is 1. The lowest BCUT2D eigenvalue weighted by Gasteiger charge is -2.34. The number of sulfonamides is 1. The molecule has 13 heteroatoms. The summed E-state index contributed by atoms with van der Waals surface area (Å²) in [5.74, 6) is -1.05. The first kappa shape index (κ1) is 27.5. The Hall–Kier alpha value is -3.52. The van der Waals surface area contributed by atoms with E-state index in [9.17, 15) is 22.8 Å². The van der Waals surface area contributed by atoms with Gasteiger partial charge in [-0.15, -0.1) is 0 Å². The van der Waals surface area contributed by atoms with Gasteiger partial charge in [0.05, 0.1) is 21.6 Å². The standard InChI is InChI=1S/C25H33N7O5S/c1-15(2)32-12-10-18(11-13-32)31-38(36,37)20-7-4-17(5-8-20)26-24(34)23(16(3)33)30-29-19-6-9-21-22(14-19)28-25(35)27-21/h4-9,14-15,18,23,29-31H,10-13H2,1-3H3,(H,26,34)(H2,27,28,35). The van der Waals surface area contributed by atoms with Gasteiger partial charge in [0, 0.05) is 17.8 Å². The molecule has 2 heterocycles. The van der Waals surface area contributed by atoms with E-state index in [2.05, 4.69) is 49.6 Å². The molecule has 1 amide bonds. The topological polar surface area (TPSA) is 168 Å². The predicted octanol–water partition coefficient (Wildman–Crippen LogP) is 1.52. The number of carbonyl (C=O) groups excluding carboxylic acids is 2. The molecule has 4 rings (SSSR count). The molecule has 1 saturated heterocycles. The molecular formula is C25H33N7O5S. The molecule has 204 valence electrons. The number of H-pyrrole nitrogens is 2. The molecule has 38 heavy (non-hydrogen) atoms. The third-order valence-electron chi connectivity index (χ3n) is 6.56. The van der Waals surface area contributed by atoms with Gasteiger partial charge in [-0.25, -0.2) is 23.4 Å². The second-order valence-electron chi connectivity index (χ2n) is 9.69. The molecule has 0 spiro atoms. The van der Waals surface area contributed by atoms with Crippen LogP contribution in [0.15, 0.2) is 52.2 Å². The highest BCUT2D eigenvalue weighted by Crippen LogP contribution is 2.19. The number of fused-ring (bicyclic) bond motifs is 1. The first-order valence-electron chi connectivity index (χ1n) is 12.4. The number of aromatic nitrogens is 2. The van der Waals surface area contributed by atoms with E-state index in [1.165, 1.54) is 31.2 Å². The molecule has 0 radical (unpaired) electrons. The number of aromatic amines is 2. The molecule has 1 aliphatic rings. The lowest BCUT2D eigenvalue weighted by Crippen LogP contribution is -2.48. The van der Waals surface area contributed by atoms with Crippen molar-refractivity contribution in [2.75, 3.05) is 23.8 Å². The number of imidazole rings is 1. The first-order valence-corrected chi connectivity index (χ1v) is 13.9. The van der Waals surface area contributed by atoms with E-state index in [1.54, 1.807) is 18.2 Å². The van der Waals surface area contributed by atoms with Gasteiger partial charge in [0.1, 0.15) is 0 Å². The van der Waals surface area contributed by atoms with Crippen molar-refractivity contribution < 1.29 is 18.0 Å². The number of hydrogen-bond acceptors (Lipinski definition) is 8. The number of hydrazine groups is 1. The molecule has 3 aromatic rings. The minimum absolute atomic E-state index is 0.0999. The summed E-state index contributed by atoms with van der Waals surface area (Å²) in [5, 5.41) is 2.63. The monoisotopic (exact) mass is 543 g/mol. The van der Waals surface area contributed by atoms with Gasteiger partial charge < -0.3 is 25.6 Å². The van der Waals surface area contributed by atoms with Gasteiger partial charge in [-0.3, -0.25) is 9.59 Å². The Morgan fingerprint density at radius 2 is 1.61 bits per heavy atom. The van der Waals surface area contributed by atoms with Crippen molar-refractivity contribution in [3.8, 4) is 0 Å². The number of hydrogen-bond donors (Lipinski definition) is 6. The highest BCUT2D eigenvalue weighted by atomic mass is 32.2. The van der Waals surface area contributed by atoms with E-state index in [4.69, 9.17) is 0 Å². The van der Waals surface area contributed by atoms with Gasteiger partial charge in [0.25, 0.3) is 5.91 Å². The third kappa shape index (κ3) is 6.67. The normalized spacial score (nSPS) is 16.0. The SMILES string of the molecule is CC(=O)C(NNc1ccc2[nH]c(=O)[nH]c2c1)C(=O)Nc1ccc(S(=O)(=O)NC2CCN(C(C)C)CC2)cc1. The number of anilines is 2. The number of likely N-dealkylation sites (tertiary alicyclic amines) is 1. The van der Waals surface area contributed by atoms with E-state index < -0.39 is 27.8 Å². The number of nitrogens with one attached hydrogen (secondary N) is 6. The van der Waals surface area contributed by atoms with Crippen LogP contribution in [0.3, 0.4) is 0 Å². The number of carbonyl (C=O) groups is 2. The van der Waals surface area contributed by atoms with Crippen molar-refractivity contribution >= 4 is 44.1 Å². The van der Waals surface area contributed by atoms with Gasteiger partial charge in [-0.2, -0.15) is 0 Å². The van der Waals surface area contributed by atoms with Crippen molar-refractivity contribution in [1.82, 2.24) is 25.0 Å². The molecule has 1 aliphatic heterocycles. The average molecular weight is 544 g/mol. The molecule has 12 nitrogen and oxygen atoms in total. The molecule has 1 aromatic heterocycles. The van der Waals surface area contributed by atoms with E-state index in [0.717, 1.165) is 25.9 Å². The Morgan fingerprint density at radius 3 is 2.24 bits per heavy atom. The Balaban J connectivity index is 1.34. The van der Waals surface area contributed by atoms with Crippen LogP contribution in [0, 0.1) is 0 Å². The van der Waals surface area contributed by atoms with Gasteiger partial charge in [0.2, 0.25) is 10.0 Å². The van der Waals surface area contributed by atoms with Gasteiger partial charge in [-0.05, 0) is 89.2 Å². The summed E-state index contributed by atoms with van der Waals surface area (Å²) in [6.07, 6.45) is 1.49. The number of Topliss-reactive ketones (excluding diaryl/α,β-unsaturated/α-hetero) is 1. The average Bonchev–Trinajstić information content (AvgIpc) is 3.23. The molecule has 0 bridgehead atoms. The summed E-state index contributed by atoms with van der Waals surface area (Å²) in [5.41, 5.74) is 7.23. The van der Waals surface area contributed by atoms with E-state index in [-0.39, 0.29) is 16.6 Å². The van der Waals surface area contributed by atoms with Crippen LogP contribution in [0.4, 0.5) is 11.4 Å². The maximum absolute atomic E-state index is 12.9. The second kappa shape index (κ2) is 11.5. The highest BCUT2D eigenvalue weighted by Gasteiger charge is 2.26. The third-order valence-corrected chi connectivity index (χ3v) is 8.10. The maximum Gasteiger partial charge on any atom is 0.323 e. The van der Waals surface area contributed by atoms with Crippen LogP contribution in [0.2, 0.25) is 0 Å². The lowest BCUT2D eigenvalue weighted by molar-refractivity contribution is -0.127. The summed E-state index contributed by atoms with van der Waals surface area (Å²) in [6.45, 7) is 7.22. The Bertz CT molecular complexity index is 1460. The minimum atomic E-state index is -3.71. The molecule has 1 atom stereocenters. The fourth-order valence-electron chi connectivity index (χ4n) is 4.37. The van der Waals surface area contributed by atoms with Crippen molar-refractivity contribution in [3.63, 3.8) is 0 Å². The molecule has 0 saturated carbocycles. The molecule has 6 N–H and O–H groups in total. The van der Waals surface area contributed by atoms with E-state index in [1.807, 2.05) is 0 Å². The number of rotatable bonds is 10. The fraction of sp³-hybridized carbons (Fsp3) is 0.400. The Morgan fingerprint density at radius 1 is 0.974 bits per heavy atom. The van der Waals surface area contributed by atoms with E-state index in [0.29, 0.717) is 28.5 Å². The quantitative estimate of drug-likeness (QED) is 0.165. The van der Waals surface area contributed by atoms with Gasteiger partial charge in [0.15, 0.2) is 11.8 Å². The zero-order valence-electron chi connectivity index (χ0n) is 21.5. The predicted molar refractivity (Wildman–Crippen MR) is 145 cm³/mol. The van der Waals surface area contributed by atoms with Crippen molar-refractivity contribution in [1.29, 1.82) is 0 Å². The second-order valence-corrected chi connectivity index (χ2v) is 11.4. The Labute approximate surface area is 220 Å². The number of ketones is 1. The zero-order valence-corrected chi connectivity index (χ0v) is 22.3. The van der Waals surface area contributed by atoms with Gasteiger partial charge in [-0.1, -0.05) is 0 Å². The maximum atomic E-state index is 12.9. The molecule has 0 aliphatic carbocycles. The van der Waals surface area contributed by atoms with Crippen LogP contribution in [-0.4, -0.2) is 66.2 Å².